The second-order valence-corrected chi connectivity index (χ2v) is 11.3. The van der Waals surface area contributed by atoms with Crippen LogP contribution in [-0.4, -0.2) is 26.5 Å². The first kappa shape index (κ1) is 18.2. The fourth-order valence-electron chi connectivity index (χ4n) is 3.79. The van der Waals surface area contributed by atoms with Crippen molar-refractivity contribution < 1.29 is 14.0 Å². The molecule has 0 fully saturated rings. The highest BCUT2D eigenvalue weighted by molar-refractivity contribution is 6.73. The number of esters is 1. The van der Waals surface area contributed by atoms with E-state index in [2.05, 4.69) is 45.0 Å². The lowest BCUT2D eigenvalue weighted by Gasteiger charge is -2.40. The van der Waals surface area contributed by atoms with Crippen LogP contribution in [-0.2, 0) is 26.8 Å². The Kier molecular flexibility index (Phi) is 6.04. The molecule has 0 N–H and O–H groups in total. The molecule has 1 aromatic carbocycles. The third kappa shape index (κ3) is 4.04. The lowest BCUT2D eigenvalue weighted by Crippen LogP contribution is -2.49. The van der Waals surface area contributed by atoms with Crippen molar-refractivity contribution in [1.82, 2.24) is 0 Å². The van der Waals surface area contributed by atoms with Crippen molar-refractivity contribution in [2.75, 3.05) is 6.61 Å². The third-order valence-corrected chi connectivity index (χ3v) is 10.0. The zero-order valence-electron chi connectivity index (χ0n) is 15.0. The topological polar surface area (TPSA) is 35.5 Å². The summed E-state index contributed by atoms with van der Waals surface area (Å²) in [6, 6.07) is 11.8. The molecule has 0 heterocycles. The summed E-state index contributed by atoms with van der Waals surface area (Å²) in [7, 11) is -1.79. The zero-order chi connectivity index (χ0) is 16.9. The van der Waals surface area contributed by atoms with E-state index in [1.54, 1.807) is 0 Å². The first-order valence-electron chi connectivity index (χ1n) is 8.94. The Bertz CT molecular complexity index is 504. The van der Waals surface area contributed by atoms with Gasteiger partial charge in [0.05, 0.1) is 18.6 Å². The smallest absolute Gasteiger partial charge is 0.308 e. The van der Waals surface area contributed by atoms with Gasteiger partial charge in [-0.05, 0) is 36.2 Å². The van der Waals surface area contributed by atoms with Crippen LogP contribution in [0.15, 0.2) is 24.3 Å². The standard InChI is InChI=1S/C19H30O3Si/c1-5-21-18(20)15-19(22-23(6-2,7-3)8-4)13-16-11-9-10-12-17(16)14-19/h9-12H,5-8,13-15H2,1-4H3. The third-order valence-electron chi connectivity index (χ3n) is 5.28. The minimum atomic E-state index is -1.79. The fourth-order valence-corrected chi connectivity index (χ4v) is 6.86. The number of ether oxygens (including phenoxy) is 1. The Morgan fingerprint density at radius 1 is 1.04 bits per heavy atom. The minimum absolute atomic E-state index is 0.133. The van der Waals surface area contributed by atoms with E-state index in [-0.39, 0.29) is 5.97 Å². The van der Waals surface area contributed by atoms with Crippen molar-refractivity contribution in [2.24, 2.45) is 0 Å². The lowest BCUT2D eigenvalue weighted by molar-refractivity contribution is -0.147. The van der Waals surface area contributed by atoms with E-state index in [0.717, 1.165) is 31.0 Å². The number of benzene rings is 1. The van der Waals surface area contributed by atoms with Crippen LogP contribution in [0.5, 0.6) is 0 Å². The van der Waals surface area contributed by atoms with Crippen molar-refractivity contribution >= 4 is 14.3 Å². The van der Waals surface area contributed by atoms with Crippen molar-refractivity contribution in [3.8, 4) is 0 Å². The van der Waals surface area contributed by atoms with Crippen molar-refractivity contribution in [3.05, 3.63) is 35.4 Å². The van der Waals surface area contributed by atoms with Crippen LogP contribution in [0.1, 0.15) is 45.2 Å². The maximum atomic E-state index is 12.2. The van der Waals surface area contributed by atoms with Crippen LogP contribution >= 0.6 is 0 Å². The predicted octanol–water partition coefficient (Wildman–Crippen LogP) is 4.50. The molecular weight excluding hydrogens is 304 g/mol. The van der Waals surface area contributed by atoms with Gasteiger partial charge in [-0.1, -0.05) is 45.0 Å². The van der Waals surface area contributed by atoms with Crippen LogP contribution in [0.4, 0.5) is 0 Å². The van der Waals surface area contributed by atoms with E-state index < -0.39 is 13.9 Å². The molecule has 2 rings (SSSR count). The first-order chi connectivity index (χ1) is 11.0. The molecule has 0 bridgehead atoms. The average molecular weight is 335 g/mol. The Hall–Kier alpha value is -1.13. The van der Waals surface area contributed by atoms with Crippen molar-refractivity contribution in [2.45, 2.75) is 70.7 Å². The molecule has 4 heteroatoms. The van der Waals surface area contributed by atoms with Gasteiger partial charge < -0.3 is 9.16 Å². The van der Waals surface area contributed by atoms with Crippen LogP contribution in [0.3, 0.4) is 0 Å². The molecule has 1 aliphatic carbocycles. The second-order valence-electron chi connectivity index (χ2n) is 6.63. The molecule has 0 aromatic heterocycles. The van der Waals surface area contributed by atoms with Gasteiger partial charge in [0.15, 0.2) is 8.32 Å². The molecule has 0 aliphatic heterocycles. The molecule has 1 aromatic rings. The van der Waals surface area contributed by atoms with Gasteiger partial charge in [0.2, 0.25) is 0 Å². The second kappa shape index (κ2) is 7.62. The number of carbonyl (C=O) groups excluding carboxylic acids is 1. The van der Waals surface area contributed by atoms with Crippen molar-refractivity contribution in [3.63, 3.8) is 0 Å². The summed E-state index contributed by atoms with van der Waals surface area (Å²) in [5, 5.41) is 0. The highest BCUT2D eigenvalue weighted by Crippen LogP contribution is 2.40. The van der Waals surface area contributed by atoms with E-state index >= 15 is 0 Å². The van der Waals surface area contributed by atoms with Gasteiger partial charge >= 0.3 is 5.97 Å². The molecule has 1 aliphatic rings. The van der Waals surface area contributed by atoms with E-state index in [9.17, 15) is 4.79 Å². The number of hydrogen-bond donors (Lipinski definition) is 0. The summed E-state index contributed by atoms with van der Waals surface area (Å²) < 4.78 is 12.1. The fraction of sp³-hybridized carbons (Fsp3) is 0.632. The number of carbonyl (C=O) groups is 1. The number of rotatable bonds is 8. The van der Waals surface area contributed by atoms with Gasteiger partial charge in [0.25, 0.3) is 0 Å². The Morgan fingerprint density at radius 3 is 2.00 bits per heavy atom. The Morgan fingerprint density at radius 2 is 1.57 bits per heavy atom. The zero-order valence-corrected chi connectivity index (χ0v) is 16.0. The quantitative estimate of drug-likeness (QED) is 0.519. The maximum Gasteiger partial charge on any atom is 0.308 e. The van der Waals surface area contributed by atoms with Gasteiger partial charge in [-0.2, -0.15) is 0 Å². The van der Waals surface area contributed by atoms with Gasteiger partial charge in [-0.25, -0.2) is 0 Å². The molecule has 0 spiro atoms. The number of hydrogen-bond acceptors (Lipinski definition) is 3. The summed E-state index contributed by atoms with van der Waals surface area (Å²) in [6.45, 7) is 9.00. The summed E-state index contributed by atoms with van der Waals surface area (Å²) in [5.41, 5.74) is 2.25. The summed E-state index contributed by atoms with van der Waals surface area (Å²) in [4.78, 5) is 12.2. The number of fused-ring (bicyclic) bond motifs is 1. The lowest BCUT2D eigenvalue weighted by atomic mass is 9.96. The molecule has 128 valence electrons. The Labute approximate surface area is 141 Å². The minimum Gasteiger partial charge on any atom is -0.466 e. The molecule has 23 heavy (non-hydrogen) atoms. The molecule has 0 saturated heterocycles. The van der Waals surface area contributed by atoms with Crippen LogP contribution < -0.4 is 0 Å². The SMILES string of the molecule is CCOC(=O)CC1(O[Si](CC)(CC)CC)Cc2ccccc2C1. The maximum absolute atomic E-state index is 12.2. The molecule has 3 nitrogen and oxygen atoms in total. The predicted molar refractivity (Wildman–Crippen MR) is 96.1 cm³/mol. The highest BCUT2D eigenvalue weighted by Gasteiger charge is 2.46. The summed E-state index contributed by atoms with van der Waals surface area (Å²) in [5.74, 6) is -0.133. The van der Waals surface area contributed by atoms with Crippen LogP contribution in [0.25, 0.3) is 0 Å². The monoisotopic (exact) mass is 334 g/mol. The van der Waals surface area contributed by atoms with E-state index in [4.69, 9.17) is 9.16 Å². The summed E-state index contributed by atoms with van der Waals surface area (Å²) >= 11 is 0. The van der Waals surface area contributed by atoms with Gasteiger partial charge in [0.1, 0.15) is 0 Å². The molecule has 0 radical (unpaired) electrons. The van der Waals surface area contributed by atoms with E-state index in [1.807, 2.05) is 6.92 Å². The van der Waals surface area contributed by atoms with E-state index in [0.29, 0.717) is 13.0 Å². The van der Waals surface area contributed by atoms with Gasteiger partial charge in [-0.3, -0.25) is 4.79 Å². The summed E-state index contributed by atoms with van der Waals surface area (Å²) in [6.07, 6.45) is 2.03. The Balaban J connectivity index is 2.28. The molecular formula is C19H30O3Si. The molecule has 0 amide bonds. The van der Waals surface area contributed by atoms with Gasteiger partial charge in [-0.15, -0.1) is 0 Å². The van der Waals surface area contributed by atoms with Crippen molar-refractivity contribution in [1.29, 1.82) is 0 Å². The molecule has 0 atom stereocenters. The largest absolute Gasteiger partial charge is 0.466 e. The van der Waals surface area contributed by atoms with Crippen LogP contribution in [0.2, 0.25) is 18.1 Å². The highest BCUT2D eigenvalue weighted by atomic mass is 28.4. The molecule has 0 unspecified atom stereocenters. The molecule has 0 saturated carbocycles. The normalized spacial score (nSPS) is 16.2. The van der Waals surface area contributed by atoms with Crippen LogP contribution in [0, 0.1) is 0 Å². The van der Waals surface area contributed by atoms with E-state index in [1.165, 1.54) is 11.1 Å². The first-order valence-corrected chi connectivity index (χ1v) is 11.5. The average Bonchev–Trinajstić information content (AvgIpc) is 2.90. The van der Waals surface area contributed by atoms with Gasteiger partial charge in [0, 0.05) is 12.8 Å².